The fraction of sp³-hybridized carbons (Fsp3) is 0.211. The van der Waals surface area contributed by atoms with Crippen LogP contribution in [0.25, 0.3) is 5.69 Å². The molecule has 0 bridgehead atoms. The van der Waals surface area contributed by atoms with Crippen molar-refractivity contribution in [2.45, 2.75) is 19.5 Å². The molecule has 0 saturated carbocycles. The Hall–Kier alpha value is -3.56. The second-order valence-electron chi connectivity index (χ2n) is 5.89. The number of hydrogen-bond donors (Lipinski definition) is 2. The summed E-state index contributed by atoms with van der Waals surface area (Å²) in [6, 6.07) is 15.5. The fourth-order valence-corrected chi connectivity index (χ4v) is 2.62. The topological polar surface area (TPSA) is 76.4 Å². The van der Waals surface area contributed by atoms with Crippen molar-refractivity contribution in [2.24, 2.45) is 4.99 Å². The number of hydrogen-bond acceptors (Lipinski definition) is 4. The monoisotopic (exact) mass is 404 g/mol. The van der Waals surface area contributed by atoms with Gasteiger partial charge in [0.1, 0.15) is 12.1 Å². The third-order valence-electron chi connectivity index (χ3n) is 3.93. The molecule has 0 spiro atoms. The first-order valence-electron chi connectivity index (χ1n) is 8.69. The quantitative estimate of drug-likeness (QED) is 0.488. The van der Waals surface area contributed by atoms with E-state index in [0.29, 0.717) is 23.9 Å². The summed E-state index contributed by atoms with van der Waals surface area (Å²) < 4.78 is 43.5. The Morgan fingerprint density at radius 1 is 1.03 bits per heavy atom. The molecule has 0 aliphatic rings. The number of alkyl halides is 3. The van der Waals surface area contributed by atoms with E-state index >= 15 is 0 Å². The van der Waals surface area contributed by atoms with Gasteiger partial charge in [-0.05, 0) is 18.2 Å². The summed E-state index contributed by atoms with van der Waals surface area (Å²) in [5, 5.41) is 14.1. The molecule has 0 fully saturated rings. The summed E-state index contributed by atoms with van der Waals surface area (Å²) in [5.74, 6) is 0.793. The van der Waals surface area contributed by atoms with E-state index in [4.69, 9.17) is 0 Å². The standard InChI is InChI=1S/C19H19F3N6O/c1-23-18(24-11-14-7-5-6-10-16(14)29-19(20,21)22)25-12-17-27-26-13-28(17)15-8-3-2-4-9-15/h2-10,13H,11-12H2,1H3,(H2,23,24,25). The minimum Gasteiger partial charge on any atom is -0.405 e. The molecule has 1 heterocycles. The average molecular weight is 404 g/mol. The Kier molecular flexibility index (Phi) is 6.32. The number of halogens is 3. The van der Waals surface area contributed by atoms with Crippen LogP contribution in [0.1, 0.15) is 11.4 Å². The number of aromatic nitrogens is 3. The van der Waals surface area contributed by atoms with Gasteiger partial charge in [-0.25, -0.2) is 0 Å². The molecule has 0 radical (unpaired) electrons. The van der Waals surface area contributed by atoms with Gasteiger partial charge >= 0.3 is 6.36 Å². The lowest BCUT2D eigenvalue weighted by atomic mass is 10.2. The van der Waals surface area contributed by atoms with E-state index < -0.39 is 6.36 Å². The highest BCUT2D eigenvalue weighted by atomic mass is 19.4. The molecule has 29 heavy (non-hydrogen) atoms. The molecule has 0 atom stereocenters. The highest BCUT2D eigenvalue weighted by Crippen LogP contribution is 2.26. The van der Waals surface area contributed by atoms with Crippen LogP contribution in [0.5, 0.6) is 5.75 Å². The highest BCUT2D eigenvalue weighted by Gasteiger charge is 2.31. The summed E-state index contributed by atoms with van der Waals surface area (Å²) in [7, 11) is 1.56. The molecular weight excluding hydrogens is 385 g/mol. The molecule has 3 rings (SSSR count). The Morgan fingerprint density at radius 2 is 1.72 bits per heavy atom. The number of benzene rings is 2. The highest BCUT2D eigenvalue weighted by molar-refractivity contribution is 5.79. The Labute approximate surface area is 165 Å². The van der Waals surface area contributed by atoms with Gasteiger partial charge < -0.3 is 15.4 Å². The number of para-hydroxylation sites is 2. The number of nitrogens with zero attached hydrogens (tertiary/aromatic N) is 4. The van der Waals surface area contributed by atoms with E-state index in [2.05, 4.69) is 30.6 Å². The summed E-state index contributed by atoms with van der Waals surface area (Å²) in [5.41, 5.74) is 1.26. The zero-order valence-electron chi connectivity index (χ0n) is 15.5. The van der Waals surface area contributed by atoms with Crippen LogP contribution >= 0.6 is 0 Å². The normalized spacial score (nSPS) is 11.9. The van der Waals surface area contributed by atoms with Crippen LogP contribution in [0.3, 0.4) is 0 Å². The Morgan fingerprint density at radius 3 is 2.45 bits per heavy atom. The summed E-state index contributed by atoms with van der Waals surface area (Å²) >= 11 is 0. The van der Waals surface area contributed by atoms with Crippen molar-refractivity contribution >= 4 is 5.96 Å². The van der Waals surface area contributed by atoms with Gasteiger partial charge in [0.2, 0.25) is 0 Å². The van der Waals surface area contributed by atoms with Crippen LogP contribution in [0.4, 0.5) is 13.2 Å². The second-order valence-corrected chi connectivity index (χ2v) is 5.89. The van der Waals surface area contributed by atoms with Crippen LogP contribution < -0.4 is 15.4 Å². The van der Waals surface area contributed by atoms with Crippen molar-refractivity contribution in [3.63, 3.8) is 0 Å². The van der Waals surface area contributed by atoms with E-state index in [0.717, 1.165) is 5.69 Å². The van der Waals surface area contributed by atoms with E-state index in [1.54, 1.807) is 25.5 Å². The van der Waals surface area contributed by atoms with Gasteiger partial charge in [0.15, 0.2) is 11.8 Å². The van der Waals surface area contributed by atoms with Crippen molar-refractivity contribution in [3.8, 4) is 11.4 Å². The molecule has 0 aliphatic carbocycles. The predicted octanol–water partition coefficient (Wildman–Crippen LogP) is 3.03. The minimum absolute atomic E-state index is 0.0945. The average Bonchev–Trinajstić information content (AvgIpc) is 3.17. The van der Waals surface area contributed by atoms with Gasteiger partial charge in [0.05, 0.1) is 6.54 Å². The Balaban J connectivity index is 1.62. The lowest BCUT2D eigenvalue weighted by Crippen LogP contribution is -2.37. The zero-order valence-corrected chi connectivity index (χ0v) is 15.5. The molecule has 10 heteroatoms. The van der Waals surface area contributed by atoms with Crippen LogP contribution in [0.2, 0.25) is 0 Å². The zero-order chi connectivity index (χ0) is 20.7. The molecule has 3 aromatic rings. The van der Waals surface area contributed by atoms with E-state index in [9.17, 15) is 13.2 Å². The summed E-state index contributed by atoms with van der Waals surface area (Å²) in [6.07, 6.45) is -3.15. The number of nitrogens with one attached hydrogen (secondary N) is 2. The number of aliphatic imine (C=N–C) groups is 1. The van der Waals surface area contributed by atoms with Crippen LogP contribution in [-0.4, -0.2) is 34.1 Å². The van der Waals surface area contributed by atoms with Crippen molar-refractivity contribution in [2.75, 3.05) is 7.05 Å². The molecule has 0 amide bonds. The molecule has 0 saturated heterocycles. The van der Waals surface area contributed by atoms with Crippen LogP contribution in [0, 0.1) is 0 Å². The van der Waals surface area contributed by atoms with Gasteiger partial charge in [-0.3, -0.25) is 9.56 Å². The molecule has 1 aromatic heterocycles. The van der Waals surface area contributed by atoms with E-state index in [1.807, 2.05) is 34.9 Å². The number of guanidine groups is 1. The van der Waals surface area contributed by atoms with Crippen molar-refractivity contribution < 1.29 is 17.9 Å². The molecule has 7 nitrogen and oxygen atoms in total. The van der Waals surface area contributed by atoms with Crippen molar-refractivity contribution in [3.05, 3.63) is 72.3 Å². The van der Waals surface area contributed by atoms with Crippen molar-refractivity contribution in [1.29, 1.82) is 0 Å². The molecule has 2 aromatic carbocycles. The molecule has 0 aliphatic heterocycles. The molecule has 2 N–H and O–H groups in total. The van der Waals surface area contributed by atoms with Gasteiger partial charge in [0.25, 0.3) is 0 Å². The first-order chi connectivity index (χ1) is 14.0. The maximum absolute atomic E-state index is 12.5. The lowest BCUT2D eigenvalue weighted by Gasteiger charge is -2.15. The van der Waals surface area contributed by atoms with E-state index in [1.165, 1.54) is 12.1 Å². The first kappa shape index (κ1) is 20.2. The van der Waals surface area contributed by atoms with Crippen LogP contribution in [0.15, 0.2) is 65.9 Å². The smallest absolute Gasteiger partial charge is 0.405 e. The predicted molar refractivity (Wildman–Crippen MR) is 102 cm³/mol. The SMILES string of the molecule is CN=C(NCc1ccccc1OC(F)(F)F)NCc1nncn1-c1ccccc1. The second kappa shape index (κ2) is 9.09. The largest absolute Gasteiger partial charge is 0.573 e. The maximum atomic E-state index is 12.5. The van der Waals surface area contributed by atoms with Crippen LogP contribution in [-0.2, 0) is 13.1 Å². The van der Waals surface area contributed by atoms with E-state index in [-0.39, 0.29) is 12.3 Å². The third kappa shape index (κ3) is 5.71. The maximum Gasteiger partial charge on any atom is 0.573 e. The van der Waals surface area contributed by atoms with Crippen molar-refractivity contribution in [1.82, 2.24) is 25.4 Å². The lowest BCUT2D eigenvalue weighted by molar-refractivity contribution is -0.274. The summed E-state index contributed by atoms with van der Waals surface area (Å²) in [6.45, 7) is 0.409. The van der Waals surface area contributed by atoms with Gasteiger partial charge in [-0.2, -0.15) is 0 Å². The first-order valence-corrected chi connectivity index (χ1v) is 8.69. The fourth-order valence-electron chi connectivity index (χ4n) is 2.62. The number of ether oxygens (including phenoxy) is 1. The Bertz CT molecular complexity index is 956. The van der Waals surface area contributed by atoms with Gasteiger partial charge in [0, 0.05) is 24.8 Å². The minimum atomic E-state index is -4.75. The third-order valence-corrected chi connectivity index (χ3v) is 3.93. The van der Waals surface area contributed by atoms with Gasteiger partial charge in [-0.15, -0.1) is 23.4 Å². The molecule has 152 valence electrons. The van der Waals surface area contributed by atoms with Gasteiger partial charge in [-0.1, -0.05) is 36.4 Å². The number of rotatable bonds is 6. The molecular formula is C19H19F3N6O. The summed E-state index contributed by atoms with van der Waals surface area (Å²) in [4.78, 5) is 4.08. The molecule has 0 unspecified atom stereocenters.